The molecule has 0 saturated heterocycles. The maximum Gasteiger partial charge on any atom is 0.224 e. The first-order chi connectivity index (χ1) is 8.95. The summed E-state index contributed by atoms with van der Waals surface area (Å²) in [7, 11) is 1.92. The number of rotatable bonds is 11. The lowest BCUT2D eigenvalue weighted by Crippen LogP contribution is -2.31. The van der Waals surface area contributed by atoms with Crippen molar-refractivity contribution in [3.05, 3.63) is 0 Å². The van der Waals surface area contributed by atoms with E-state index in [1.165, 1.54) is 44.9 Å². The third-order valence-corrected chi connectivity index (χ3v) is 3.65. The monoisotopic (exact) mass is 269 g/mol. The number of amides is 1. The van der Waals surface area contributed by atoms with Crippen molar-refractivity contribution in [1.29, 1.82) is 0 Å². The first kappa shape index (κ1) is 18.5. The molecule has 0 rings (SSSR count). The third-order valence-electron chi connectivity index (χ3n) is 3.65. The number of nitrogens with zero attached hydrogens (tertiary/aromatic N) is 1. The molecule has 0 saturated carbocycles. The molecular formula is C17H35NO. The number of carbonyl (C=O) groups excluding carboxylic acids is 1. The van der Waals surface area contributed by atoms with Crippen LogP contribution < -0.4 is 0 Å². The zero-order chi connectivity index (χ0) is 14.7. The van der Waals surface area contributed by atoms with Gasteiger partial charge >= 0.3 is 0 Å². The maximum atomic E-state index is 11.7. The van der Waals surface area contributed by atoms with Crippen molar-refractivity contribution < 1.29 is 4.79 Å². The highest BCUT2D eigenvalue weighted by molar-refractivity contribution is 5.77. The summed E-state index contributed by atoms with van der Waals surface area (Å²) in [6.07, 6.45) is 10.6. The van der Waals surface area contributed by atoms with Crippen LogP contribution in [-0.4, -0.2) is 24.4 Å². The normalized spacial score (nSPS) is 11.3. The summed E-state index contributed by atoms with van der Waals surface area (Å²) >= 11 is 0. The van der Waals surface area contributed by atoms with Gasteiger partial charge in [-0.1, -0.05) is 72.6 Å². The third kappa shape index (κ3) is 11.0. The predicted molar refractivity (Wildman–Crippen MR) is 84.2 cm³/mol. The van der Waals surface area contributed by atoms with Crippen LogP contribution in [0, 0.1) is 11.8 Å². The fourth-order valence-corrected chi connectivity index (χ4v) is 2.34. The Morgan fingerprint density at radius 3 is 1.79 bits per heavy atom. The van der Waals surface area contributed by atoms with E-state index >= 15 is 0 Å². The van der Waals surface area contributed by atoms with Gasteiger partial charge in [-0.25, -0.2) is 0 Å². The second-order valence-electron chi connectivity index (χ2n) is 6.57. The Hall–Kier alpha value is -0.530. The van der Waals surface area contributed by atoms with Gasteiger partial charge in [0.2, 0.25) is 5.91 Å². The molecule has 0 fully saturated rings. The molecule has 19 heavy (non-hydrogen) atoms. The molecule has 0 N–H and O–H groups in total. The van der Waals surface area contributed by atoms with E-state index in [2.05, 4.69) is 13.8 Å². The Morgan fingerprint density at radius 2 is 1.32 bits per heavy atom. The van der Waals surface area contributed by atoms with Crippen molar-refractivity contribution in [2.24, 2.45) is 11.8 Å². The van der Waals surface area contributed by atoms with Gasteiger partial charge in [-0.15, -0.1) is 0 Å². The van der Waals surface area contributed by atoms with Crippen molar-refractivity contribution in [2.75, 3.05) is 13.6 Å². The molecule has 0 aromatic carbocycles. The second-order valence-corrected chi connectivity index (χ2v) is 6.57. The molecule has 0 aliphatic heterocycles. The smallest absolute Gasteiger partial charge is 0.224 e. The van der Waals surface area contributed by atoms with E-state index in [-0.39, 0.29) is 11.8 Å². The fourth-order valence-electron chi connectivity index (χ4n) is 2.34. The lowest BCUT2D eigenvalue weighted by molar-refractivity contribution is -0.133. The molecule has 0 bridgehead atoms. The van der Waals surface area contributed by atoms with Crippen molar-refractivity contribution in [1.82, 2.24) is 4.90 Å². The van der Waals surface area contributed by atoms with Crippen LogP contribution in [0.15, 0.2) is 0 Å². The first-order valence-corrected chi connectivity index (χ1v) is 8.20. The SMILES string of the molecule is CC(C)CCCCCCCCCN(C)C(=O)C(C)C. The molecule has 0 atom stereocenters. The summed E-state index contributed by atoms with van der Waals surface area (Å²) in [6.45, 7) is 9.46. The zero-order valence-electron chi connectivity index (χ0n) is 13.9. The minimum atomic E-state index is 0.131. The van der Waals surface area contributed by atoms with Crippen LogP contribution >= 0.6 is 0 Å². The van der Waals surface area contributed by atoms with Crippen LogP contribution in [0.1, 0.15) is 79.1 Å². The Labute approximate surface area is 120 Å². The van der Waals surface area contributed by atoms with Gasteiger partial charge in [-0.2, -0.15) is 0 Å². The first-order valence-electron chi connectivity index (χ1n) is 8.20. The number of carbonyl (C=O) groups is 1. The average Bonchev–Trinajstić information content (AvgIpc) is 2.35. The quantitative estimate of drug-likeness (QED) is 0.490. The predicted octanol–water partition coefficient (Wildman–Crippen LogP) is 4.88. The van der Waals surface area contributed by atoms with Crippen LogP contribution in [0.4, 0.5) is 0 Å². The lowest BCUT2D eigenvalue weighted by Gasteiger charge is -2.19. The van der Waals surface area contributed by atoms with Crippen LogP contribution in [0.5, 0.6) is 0 Å². The van der Waals surface area contributed by atoms with Crippen molar-refractivity contribution in [3.8, 4) is 0 Å². The molecule has 2 heteroatoms. The minimum absolute atomic E-state index is 0.131. The van der Waals surface area contributed by atoms with Gasteiger partial charge < -0.3 is 4.90 Å². The summed E-state index contributed by atoms with van der Waals surface area (Å²) in [5.41, 5.74) is 0. The summed E-state index contributed by atoms with van der Waals surface area (Å²) in [5, 5.41) is 0. The van der Waals surface area contributed by atoms with Gasteiger partial charge in [-0.3, -0.25) is 4.79 Å². The van der Waals surface area contributed by atoms with Gasteiger partial charge in [0, 0.05) is 19.5 Å². The molecule has 0 radical (unpaired) electrons. The van der Waals surface area contributed by atoms with Crippen LogP contribution in [0.25, 0.3) is 0 Å². The molecular weight excluding hydrogens is 234 g/mol. The molecule has 0 unspecified atom stereocenters. The molecule has 2 nitrogen and oxygen atoms in total. The van der Waals surface area contributed by atoms with E-state index in [9.17, 15) is 4.79 Å². The summed E-state index contributed by atoms with van der Waals surface area (Å²) in [5.74, 6) is 1.26. The lowest BCUT2D eigenvalue weighted by atomic mass is 10.0. The topological polar surface area (TPSA) is 20.3 Å². The minimum Gasteiger partial charge on any atom is -0.346 e. The Bertz CT molecular complexity index is 223. The molecule has 0 heterocycles. The van der Waals surface area contributed by atoms with Gasteiger partial charge in [0.25, 0.3) is 0 Å². The van der Waals surface area contributed by atoms with E-state index in [0.717, 1.165) is 18.9 Å². The van der Waals surface area contributed by atoms with Crippen molar-refractivity contribution in [2.45, 2.75) is 79.1 Å². The Morgan fingerprint density at radius 1 is 0.842 bits per heavy atom. The molecule has 0 aromatic rings. The number of hydrogen-bond acceptors (Lipinski definition) is 1. The fraction of sp³-hybridized carbons (Fsp3) is 0.941. The van der Waals surface area contributed by atoms with E-state index in [4.69, 9.17) is 0 Å². The van der Waals surface area contributed by atoms with Crippen LogP contribution in [0.3, 0.4) is 0 Å². The highest BCUT2D eigenvalue weighted by Crippen LogP contribution is 2.12. The standard InChI is InChI=1S/C17H35NO/c1-15(2)13-11-9-7-6-8-10-12-14-18(5)17(19)16(3)4/h15-16H,6-14H2,1-5H3. The van der Waals surface area contributed by atoms with Gasteiger partial charge in [0.1, 0.15) is 0 Å². The van der Waals surface area contributed by atoms with Gasteiger partial charge in [0.15, 0.2) is 0 Å². The van der Waals surface area contributed by atoms with Crippen molar-refractivity contribution >= 4 is 5.91 Å². The molecule has 0 aliphatic rings. The number of unbranched alkanes of at least 4 members (excludes halogenated alkanes) is 6. The van der Waals surface area contributed by atoms with Crippen LogP contribution in [-0.2, 0) is 4.79 Å². The van der Waals surface area contributed by atoms with E-state index in [1.54, 1.807) is 0 Å². The zero-order valence-corrected chi connectivity index (χ0v) is 13.9. The van der Waals surface area contributed by atoms with E-state index in [0.29, 0.717) is 0 Å². The van der Waals surface area contributed by atoms with Crippen LogP contribution in [0.2, 0.25) is 0 Å². The summed E-state index contributed by atoms with van der Waals surface area (Å²) in [6, 6.07) is 0. The molecule has 114 valence electrons. The number of hydrogen-bond donors (Lipinski definition) is 0. The van der Waals surface area contributed by atoms with Gasteiger partial charge in [0.05, 0.1) is 0 Å². The molecule has 1 amide bonds. The molecule has 0 spiro atoms. The molecule has 0 aromatic heterocycles. The Balaban J connectivity index is 3.29. The average molecular weight is 269 g/mol. The second kappa shape index (κ2) is 11.3. The summed E-state index contributed by atoms with van der Waals surface area (Å²) in [4.78, 5) is 13.5. The Kier molecular flexibility index (Phi) is 11.0. The summed E-state index contributed by atoms with van der Waals surface area (Å²) < 4.78 is 0. The maximum absolute atomic E-state index is 11.7. The highest BCUT2D eigenvalue weighted by Gasteiger charge is 2.11. The van der Waals surface area contributed by atoms with E-state index in [1.807, 2.05) is 25.8 Å². The van der Waals surface area contributed by atoms with E-state index < -0.39 is 0 Å². The largest absolute Gasteiger partial charge is 0.346 e. The van der Waals surface area contributed by atoms with Gasteiger partial charge in [-0.05, 0) is 12.3 Å². The van der Waals surface area contributed by atoms with Crippen molar-refractivity contribution in [3.63, 3.8) is 0 Å². The molecule has 0 aliphatic carbocycles. The highest BCUT2D eigenvalue weighted by atomic mass is 16.2.